The number of amides is 1. The summed E-state index contributed by atoms with van der Waals surface area (Å²) in [6.45, 7) is 8.88. The molecule has 1 atom stereocenters. The molecule has 0 saturated carbocycles. The van der Waals surface area contributed by atoms with E-state index in [0.717, 1.165) is 44.6 Å². The minimum absolute atomic E-state index is 0.202. The fourth-order valence-corrected chi connectivity index (χ4v) is 2.78. The molecular formula is C18H29N3O3. The van der Waals surface area contributed by atoms with Gasteiger partial charge in [0.2, 0.25) is 5.88 Å². The number of hydrogen-bond acceptors (Lipinski definition) is 5. The molecule has 0 radical (unpaired) electrons. The number of pyridine rings is 1. The molecular weight excluding hydrogens is 306 g/mol. The summed E-state index contributed by atoms with van der Waals surface area (Å²) in [5.41, 5.74) is 0.680. The number of likely N-dealkylation sites (tertiary alicyclic amines) is 1. The van der Waals surface area contributed by atoms with Crippen molar-refractivity contribution in [3.05, 3.63) is 23.9 Å². The Labute approximate surface area is 144 Å². The highest BCUT2D eigenvalue weighted by Gasteiger charge is 2.27. The lowest BCUT2D eigenvalue weighted by Crippen LogP contribution is -2.45. The fourth-order valence-electron chi connectivity index (χ4n) is 2.78. The molecule has 0 unspecified atom stereocenters. The smallest absolute Gasteiger partial charge is 0.410 e. The molecule has 0 bridgehead atoms. The Morgan fingerprint density at radius 3 is 2.83 bits per heavy atom. The van der Waals surface area contributed by atoms with Crippen LogP contribution in [0.3, 0.4) is 0 Å². The predicted molar refractivity (Wildman–Crippen MR) is 93.0 cm³/mol. The van der Waals surface area contributed by atoms with E-state index in [4.69, 9.17) is 9.47 Å². The lowest BCUT2D eigenvalue weighted by atomic mass is 9.98. The maximum absolute atomic E-state index is 12.2. The third-order valence-electron chi connectivity index (χ3n) is 3.94. The van der Waals surface area contributed by atoms with E-state index in [-0.39, 0.29) is 6.09 Å². The predicted octanol–water partition coefficient (Wildman–Crippen LogP) is 2.83. The molecule has 6 heteroatoms. The third kappa shape index (κ3) is 6.00. The van der Waals surface area contributed by atoms with Gasteiger partial charge in [-0.15, -0.1) is 0 Å². The summed E-state index contributed by atoms with van der Waals surface area (Å²) in [6.07, 6.45) is 3.77. The van der Waals surface area contributed by atoms with Gasteiger partial charge in [0.1, 0.15) is 5.60 Å². The summed E-state index contributed by atoms with van der Waals surface area (Å²) in [5, 5.41) is 3.46. The molecule has 1 N–H and O–H groups in total. The lowest BCUT2D eigenvalue weighted by molar-refractivity contribution is 0.0166. The van der Waals surface area contributed by atoms with Gasteiger partial charge in [0.15, 0.2) is 0 Å². The van der Waals surface area contributed by atoms with Crippen LogP contribution < -0.4 is 10.1 Å². The molecule has 2 rings (SSSR count). The van der Waals surface area contributed by atoms with Gasteiger partial charge in [-0.05, 0) is 51.6 Å². The molecule has 1 aliphatic heterocycles. The third-order valence-corrected chi connectivity index (χ3v) is 3.94. The SMILES string of the molecule is COc1ccc(CNC[C@@H]2CCCN(C(=O)OC(C)(C)C)C2)cn1. The highest BCUT2D eigenvalue weighted by molar-refractivity contribution is 5.68. The molecule has 1 fully saturated rings. The Morgan fingerprint density at radius 2 is 2.21 bits per heavy atom. The molecule has 6 nitrogen and oxygen atoms in total. The molecule has 2 heterocycles. The van der Waals surface area contributed by atoms with Crippen LogP contribution in [0.4, 0.5) is 4.79 Å². The highest BCUT2D eigenvalue weighted by atomic mass is 16.6. The fraction of sp³-hybridized carbons (Fsp3) is 0.667. The minimum Gasteiger partial charge on any atom is -0.481 e. The molecule has 134 valence electrons. The van der Waals surface area contributed by atoms with Crippen LogP contribution in [0.1, 0.15) is 39.2 Å². The monoisotopic (exact) mass is 335 g/mol. The second-order valence-corrected chi connectivity index (χ2v) is 7.27. The summed E-state index contributed by atoms with van der Waals surface area (Å²) in [7, 11) is 1.61. The first-order valence-corrected chi connectivity index (χ1v) is 8.55. The number of carbonyl (C=O) groups excluding carboxylic acids is 1. The van der Waals surface area contributed by atoms with Crippen LogP contribution in [-0.2, 0) is 11.3 Å². The summed E-state index contributed by atoms with van der Waals surface area (Å²) < 4.78 is 10.5. The second kappa shape index (κ2) is 8.33. The van der Waals surface area contributed by atoms with Crippen molar-refractivity contribution in [2.24, 2.45) is 5.92 Å². The van der Waals surface area contributed by atoms with Crippen molar-refractivity contribution >= 4 is 6.09 Å². The molecule has 0 aromatic carbocycles. The quantitative estimate of drug-likeness (QED) is 0.896. The average Bonchev–Trinajstić information content (AvgIpc) is 2.54. The first-order valence-electron chi connectivity index (χ1n) is 8.55. The summed E-state index contributed by atoms with van der Waals surface area (Å²) in [4.78, 5) is 18.2. The summed E-state index contributed by atoms with van der Waals surface area (Å²) in [6, 6.07) is 3.87. The largest absolute Gasteiger partial charge is 0.481 e. The van der Waals surface area contributed by atoms with Crippen LogP contribution in [0.15, 0.2) is 18.3 Å². The van der Waals surface area contributed by atoms with E-state index in [2.05, 4.69) is 10.3 Å². The van der Waals surface area contributed by atoms with Gasteiger partial charge in [0.25, 0.3) is 0 Å². The van der Waals surface area contributed by atoms with Gasteiger partial charge in [0.05, 0.1) is 7.11 Å². The van der Waals surface area contributed by atoms with E-state index in [1.165, 1.54) is 0 Å². The topological polar surface area (TPSA) is 63.7 Å². The number of methoxy groups -OCH3 is 1. The Morgan fingerprint density at radius 1 is 1.42 bits per heavy atom. The Kier molecular flexibility index (Phi) is 6.43. The van der Waals surface area contributed by atoms with Gasteiger partial charge in [-0.1, -0.05) is 6.07 Å². The molecule has 1 saturated heterocycles. The highest BCUT2D eigenvalue weighted by Crippen LogP contribution is 2.19. The van der Waals surface area contributed by atoms with E-state index >= 15 is 0 Å². The number of nitrogens with zero attached hydrogens (tertiary/aromatic N) is 2. The normalized spacial score (nSPS) is 18.3. The first kappa shape index (κ1) is 18.5. The molecule has 24 heavy (non-hydrogen) atoms. The molecule has 1 aliphatic rings. The zero-order valence-corrected chi connectivity index (χ0v) is 15.2. The lowest BCUT2D eigenvalue weighted by Gasteiger charge is -2.34. The number of piperidine rings is 1. The van der Waals surface area contributed by atoms with Gasteiger partial charge in [-0.25, -0.2) is 9.78 Å². The van der Waals surface area contributed by atoms with Crippen LogP contribution in [0, 0.1) is 5.92 Å². The van der Waals surface area contributed by atoms with Gasteiger partial charge in [-0.2, -0.15) is 0 Å². The summed E-state index contributed by atoms with van der Waals surface area (Å²) in [5.74, 6) is 1.08. The summed E-state index contributed by atoms with van der Waals surface area (Å²) >= 11 is 0. The second-order valence-electron chi connectivity index (χ2n) is 7.27. The van der Waals surface area contributed by atoms with Gasteiger partial charge in [-0.3, -0.25) is 0 Å². The number of carbonyl (C=O) groups is 1. The van der Waals surface area contributed by atoms with Crippen molar-refractivity contribution in [3.63, 3.8) is 0 Å². The average molecular weight is 335 g/mol. The van der Waals surface area contributed by atoms with E-state index in [1.54, 1.807) is 7.11 Å². The van der Waals surface area contributed by atoms with Crippen molar-refractivity contribution in [3.8, 4) is 5.88 Å². The molecule has 0 spiro atoms. The number of aromatic nitrogens is 1. The maximum atomic E-state index is 12.2. The zero-order valence-electron chi connectivity index (χ0n) is 15.2. The van der Waals surface area contributed by atoms with E-state index < -0.39 is 5.60 Å². The van der Waals surface area contributed by atoms with Crippen molar-refractivity contribution in [1.29, 1.82) is 0 Å². The van der Waals surface area contributed by atoms with Crippen LogP contribution in [0.5, 0.6) is 5.88 Å². The van der Waals surface area contributed by atoms with Crippen LogP contribution in [-0.4, -0.2) is 48.3 Å². The minimum atomic E-state index is -0.441. The van der Waals surface area contributed by atoms with Gasteiger partial charge >= 0.3 is 6.09 Å². The van der Waals surface area contributed by atoms with E-state index in [1.807, 2.05) is 44.0 Å². The van der Waals surface area contributed by atoms with Gasteiger partial charge in [0, 0.05) is 31.9 Å². The van der Waals surface area contributed by atoms with Crippen LogP contribution >= 0.6 is 0 Å². The van der Waals surface area contributed by atoms with Crippen LogP contribution in [0.25, 0.3) is 0 Å². The number of nitrogens with one attached hydrogen (secondary N) is 1. The maximum Gasteiger partial charge on any atom is 0.410 e. The standard InChI is InChI=1S/C18H29N3O3/c1-18(2,3)24-17(22)21-9-5-6-15(13-21)11-19-10-14-7-8-16(23-4)20-12-14/h7-8,12,15,19H,5-6,9-11,13H2,1-4H3/t15-/m0/s1. The first-order chi connectivity index (χ1) is 11.4. The van der Waals surface area contributed by atoms with Gasteiger partial charge < -0.3 is 19.7 Å². The van der Waals surface area contributed by atoms with Crippen LogP contribution in [0.2, 0.25) is 0 Å². The zero-order chi connectivity index (χ0) is 17.6. The van der Waals surface area contributed by atoms with Crippen molar-refractivity contribution in [2.45, 2.75) is 45.8 Å². The number of ether oxygens (including phenoxy) is 2. The molecule has 1 aromatic rings. The number of rotatable bonds is 5. The number of hydrogen-bond donors (Lipinski definition) is 1. The Balaban J connectivity index is 1.75. The van der Waals surface area contributed by atoms with Crippen molar-refractivity contribution in [1.82, 2.24) is 15.2 Å². The Hall–Kier alpha value is -1.82. The molecule has 1 aromatic heterocycles. The van der Waals surface area contributed by atoms with Crippen molar-refractivity contribution < 1.29 is 14.3 Å². The Bertz CT molecular complexity index is 525. The molecule has 1 amide bonds. The van der Waals surface area contributed by atoms with Crippen molar-refractivity contribution in [2.75, 3.05) is 26.7 Å². The van der Waals surface area contributed by atoms with E-state index in [9.17, 15) is 4.79 Å². The molecule has 0 aliphatic carbocycles. The van der Waals surface area contributed by atoms with E-state index in [0.29, 0.717) is 11.8 Å².